The molecular formula is C13H18FNO3. The molecule has 0 heterocycles. The molecule has 0 aliphatic carbocycles. The largest absolute Gasteiger partial charge is 0.481 e. The second-order valence-corrected chi connectivity index (χ2v) is 4.24. The first kappa shape index (κ1) is 14.4. The molecule has 2 atom stereocenters. The molecule has 0 spiro atoms. The Bertz CT molecular complexity index is 398. The van der Waals surface area contributed by atoms with Crippen molar-refractivity contribution in [3.63, 3.8) is 0 Å². The van der Waals surface area contributed by atoms with E-state index in [1.165, 1.54) is 12.1 Å². The molecule has 0 aromatic heterocycles. The van der Waals surface area contributed by atoms with E-state index in [-0.39, 0.29) is 36.8 Å². The van der Waals surface area contributed by atoms with Crippen LogP contribution in [0.2, 0.25) is 0 Å². The minimum absolute atomic E-state index is 0.00435. The molecule has 0 aliphatic heterocycles. The monoisotopic (exact) mass is 255 g/mol. The summed E-state index contributed by atoms with van der Waals surface area (Å²) >= 11 is 0. The van der Waals surface area contributed by atoms with Crippen molar-refractivity contribution in [2.75, 3.05) is 13.2 Å². The number of para-hydroxylation sites is 1. The van der Waals surface area contributed by atoms with Gasteiger partial charge in [0.1, 0.15) is 0 Å². The lowest BCUT2D eigenvalue weighted by atomic mass is 10.1. The quantitative estimate of drug-likeness (QED) is 0.806. The molecule has 1 amide bonds. The van der Waals surface area contributed by atoms with Crippen molar-refractivity contribution in [1.29, 1.82) is 0 Å². The molecule has 0 fully saturated rings. The topological polar surface area (TPSA) is 58.6 Å². The van der Waals surface area contributed by atoms with E-state index in [1.807, 2.05) is 6.92 Å². The number of ether oxygens (including phenoxy) is 1. The lowest BCUT2D eigenvalue weighted by molar-refractivity contribution is -0.124. The molecule has 0 aliphatic rings. The van der Waals surface area contributed by atoms with Gasteiger partial charge >= 0.3 is 0 Å². The van der Waals surface area contributed by atoms with Gasteiger partial charge in [-0.15, -0.1) is 0 Å². The Morgan fingerprint density at radius 1 is 1.44 bits per heavy atom. The smallest absolute Gasteiger partial charge is 0.258 e. The first-order valence-electron chi connectivity index (χ1n) is 5.82. The molecule has 0 saturated carbocycles. The van der Waals surface area contributed by atoms with Crippen molar-refractivity contribution < 1.29 is 19.0 Å². The average molecular weight is 255 g/mol. The third-order valence-corrected chi connectivity index (χ3v) is 2.73. The number of hydrogen-bond acceptors (Lipinski definition) is 3. The number of carbonyl (C=O) groups excluding carboxylic acids is 1. The number of aliphatic hydroxyl groups excluding tert-OH is 1. The molecule has 0 saturated heterocycles. The highest BCUT2D eigenvalue weighted by molar-refractivity contribution is 5.77. The van der Waals surface area contributed by atoms with Crippen LogP contribution in [-0.2, 0) is 4.79 Å². The molecule has 1 aromatic carbocycles. The summed E-state index contributed by atoms with van der Waals surface area (Å²) in [5.41, 5.74) is 0. The average Bonchev–Trinajstić information content (AvgIpc) is 2.36. The minimum Gasteiger partial charge on any atom is -0.481 e. The summed E-state index contributed by atoms with van der Waals surface area (Å²) in [5.74, 6) is -0.828. The number of carbonyl (C=O) groups is 1. The molecular weight excluding hydrogens is 237 g/mol. The number of amides is 1. The van der Waals surface area contributed by atoms with Crippen LogP contribution in [0.4, 0.5) is 4.39 Å². The van der Waals surface area contributed by atoms with Crippen LogP contribution in [0, 0.1) is 11.7 Å². The van der Waals surface area contributed by atoms with E-state index in [0.717, 1.165) is 0 Å². The number of benzene rings is 1. The lowest BCUT2D eigenvalue weighted by Gasteiger charge is -2.19. The first-order chi connectivity index (χ1) is 8.54. The molecule has 18 heavy (non-hydrogen) atoms. The van der Waals surface area contributed by atoms with Gasteiger partial charge in [-0.2, -0.15) is 0 Å². The van der Waals surface area contributed by atoms with E-state index in [0.29, 0.717) is 0 Å². The number of aliphatic hydroxyl groups is 1. The van der Waals surface area contributed by atoms with Gasteiger partial charge in [-0.25, -0.2) is 4.39 Å². The maximum Gasteiger partial charge on any atom is 0.258 e. The van der Waals surface area contributed by atoms with Gasteiger partial charge in [0, 0.05) is 12.6 Å². The van der Waals surface area contributed by atoms with Gasteiger partial charge in [0.05, 0.1) is 0 Å². The fourth-order valence-electron chi connectivity index (χ4n) is 1.30. The van der Waals surface area contributed by atoms with Crippen molar-refractivity contribution in [2.45, 2.75) is 19.9 Å². The Morgan fingerprint density at radius 3 is 2.72 bits per heavy atom. The van der Waals surface area contributed by atoms with Crippen LogP contribution in [0.25, 0.3) is 0 Å². The van der Waals surface area contributed by atoms with Gasteiger partial charge in [-0.3, -0.25) is 4.79 Å². The summed E-state index contributed by atoms with van der Waals surface area (Å²) in [5, 5.41) is 11.6. The van der Waals surface area contributed by atoms with Crippen LogP contribution in [0.15, 0.2) is 24.3 Å². The van der Waals surface area contributed by atoms with E-state index in [2.05, 4.69) is 5.32 Å². The number of rotatable bonds is 6. The molecule has 0 radical (unpaired) electrons. The van der Waals surface area contributed by atoms with Crippen molar-refractivity contribution in [2.24, 2.45) is 5.92 Å². The number of halogens is 1. The van der Waals surface area contributed by atoms with Crippen LogP contribution in [0.3, 0.4) is 0 Å². The molecule has 2 unspecified atom stereocenters. The predicted molar refractivity (Wildman–Crippen MR) is 65.7 cm³/mol. The Balaban J connectivity index is 2.40. The normalized spacial score (nSPS) is 13.8. The van der Waals surface area contributed by atoms with Crippen LogP contribution in [-0.4, -0.2) is 30.3 Å². The molecule has 1 rings (SSSR count). The molecule has 0 bridgehead atoms. The van der Waals surface area contributed by atoms with E-state index in [1.54, 1.807) is 19.1 Å². The fraction of sp³-hybridized carbons (Fsp3) is 0.462. The maximum atomic E-state index is 13.2. The molecule has 100 valence electrons. The summed E-state index contributed by atoms with van der Waals surface area (Å²) in [6.45, 7) is 3.36. The van der Waals surface area contributed by atoms with Gasteiger partial charge in [-0.1, -0.05) is 19.1 Å². The Kier molecular flexibility index (Phi) is 5.58. The molecule has 5 heteroatoms. The Labute approximate surface area is 106 Å². The zero-order valence-electron chi connectivity index (χ0n) is 10.5. The standard InChI is InChI=1S/C13H18FNO3/c1-9(7-16)10(2)15-13(17)8-18-12-6-4-3-5-11(12)14/h3-6,9-10,16H,7-8H2,1-2H3,(H,15,17). The number of hydrogen-bond donors (Lipinski definition) is 2. The van der Waals surface area contributed by atoms with Crippen molar-refractivity contribution in [3.05, 3.63) is 30.1 Å². The van der Waals surface area contributed by atoms with Crippen LogP contribution in [0.5, 0.6) is 5.75 Å². The van der Waals surface area contributed by atoms with E-state index in [9.17, 15) is 9.18 Å². The van der Waals surface area contributed by atoms with Crippen molar-refractivity contribution >= 4 is 5.91 Å². The zero-order chi connectivity index (χ0) is 13.5. The lowest BCUT2D eigenvalue weighted by Crippen LogP contribution is -2.40. The highest BCUT2D eigenvalue weighted by Crippen LogP contribution is 2.14. The highest BCUT2D eigenvalue weighted by Gasteiger charge is 2.14. The molecule has 1 aromatic rings. The Hall–Kier alpha value is -1.62. The summed E-state index contributed by atoms with van der Waals surface area (Å²) in [6, 6.07) is 5.75. The van der Waals surface area contributed by atoms with Crippen LogP contribution in [0.1, 0.15) is 13.8 Å². The van der Waals surface area contributed by atoms with Gasteiger partial charge in [-0.05, 0) is 25.0 Å². The SMILES string of the molecule is CC(CO)C(C)NC(=O)COc1ccccc1F. The van der Waals surface area contributed by atoms with Gasteiger partial charge in [0.2, 0.25) is 0 Å². The second kappa shape index (κ2) is 6.96. The van der Waals surface area contributed by atoms with Crippen molar-refractivity contribution in [3.8, 4) is 5.75 Å². The molecule has 2 N–H and O–H groups in total. The summed E-state index contributed by atoms with van der Waals surface area (Å²) in [6.07, 6.45) is 0. The Morgan fingerprint density at radius 2 is 2.11 bits per heavy atom. The highest BCUT2D eigenvalue weighted by atomic mass is 19.1. The van der Waals surface area contributed by atoms with Crippen LogP contribution >= 0.6 is 0 Å². The minimum atomic E-state index is -0.498. The van der Waals surface area contributed by atoms with Gasteiger partial charge < -0.3 is 15.2 Å². The van der Waals surface area contributed by atoms with Gasteiger partial charge in [0.15, 0.2) is 18.2 Å². The third-order valence-electron chi connectivity index (χ3n) is 2.73. The summed E-state index contributed by atoms with van der Waals surface area (Å²) in [7, 11) is 0. The van der Waals surface area contributed by atoms with E-state index < -0.39 is 5.82 Å². The van der Waals surface area contributed by atoms with E-state index >= 15 is 0 Å². The van der Waals surface area contributed by atoms with Crippen LogP contribution < -0.4 is 10.1 Å². The second-order valence-electron chi connectivity index (χ2n) is 4.24. The third kappa shape index (κ3) is 4.33. The van der Waals surface area contributed by atoms with Gasteiger partial charge in [0.25, 0.3) is 5.91 Å². The zero-order valence-corrected chi connectivity index (χ0v) is 10.5. The summed E-state index contributed by atoms with van der Waals surface area (Å²) < 4.78 is 18.3. The van der Waals surface area contributed by atoms with E-state index in [4.69, 9.17) is 9.84 Å². The molecule has 4 nitrogen and oxygen atoms in total. The fourth-order valence-corrected chi connectivity index (χ4v) is 1.30. The first-order valence-corrected chi connectivity index (χ1v) is 5.82. The maximum absolute atomic E-state index is 13.2. The number of nitrogens with one attached hydrogen (secondary N) is 1. The summed E-state index contributed by atoms with van der Waals surface area (Å²) in [4.78, 5) is 11.5. The van der Waals surface area contributed by atoms with Crippen molar-refractivity contribution in [1.82, 2.24) is 5.32 Å². The predicted octanol–water partition coefficient (Wildman–Crippen LogP) is 1.34.